The van der Waals surface area contributed by atoms with Gasteiger partial charge in [0.1, 0.15) is 34.1 Å². The molecule has 0 aliphatic carbocycles. The molecule has 198 valence electrons. The van der Waals surface area contributed by atoms with Crippen LogP contribution in [-0.2, 0) is 16.1 Å². The van der Waals surface area contributed by atoms with Gasteiger partial charge in [0, 0.05) is 17.7 Å². The van der Waals surface area contributed by atoms with Gasteiger partial charge in [0.05, 0.1) is 26.1 Å². The number of benzene rings is 2. The molecular formula is C28H23FN4O5S. The van der Waals surface area contributed by atoms with E-state index in [1.807, 2.05) is 0 Å². The van der Waals surface area contributed by atoms with Gasteiger partial charge in [-0.2, -0.15) is 5.10 Å². The van der Waals surface area contributed by atoms with Gasteiger partial charge in [-0.15, -0.1) is 5.10 Å². The number of hydrogen-bond donors (Lipinski definition) is 1. The summed E-state index contributed by atoms with van der Waals surface area (Å²) in [5.74, 6) is 1.31. The van der Waals surface area contributed by atoms with Crippen molar-refractivity contribution >= 4 is 40.6 Å². The van der Waals surface area contributed by atoms with E-state index in [0.29, 0.717) is 33.9 Å². The Bertz CT molecular complexity index is 1500. The fourth-order valence-corrected chi connectivity index (χ4v) is 4.89. The van der Waals surface area contributed by atoms with Gasteiger partial charge < -0.3 is 18.9 Å². The molecule has 1 N–H and O–H groups in total. The zero-order valence-corrected chi connectivity index (χ0v) is 21.6. The SMILES string of the molecule is COc1ccc(NC(=O)CC2S/C(=N\N=C\c3ccc(-c4ccc(F)cc4)o3)N(Cc3ccco3)C2=O)cc1. The number of carbonyl (C=O) groups is 2. The quantitative estimate of drug-likeness (QED) is 0.218. The van der Waals surface area contributed by atoms with Crippen LogP contribution in [0.4, 0.5) is 10.1 Å². The Morgan fingerprint density at radius 3 is 2.64 bits per heavy atom. The Labute approximate surface area is 227 Å². The van der Waals surface area contributed by atoms with Crippen LogP contribution in [0, 0.1) is 5.82 Å². The Kier molecular flexibility index (Phi) is 7.88. The molecule has 0 spiro atoms. The second-order valence-corrected chi connectivity index (χ2v) is 9.60. The van der Waals surface area contributed by atoms with Crippen LogP contribution < -0.4 is 10.1 Å². The largest absolute Gasteiger partial charge is 0.497 e. The highest BCUT2D eigenvalue weighted by Crippen LogP contribution is 2.31. The lowest BCUT2D eigenvalue weighted by molar-refractivity contribution is -0.128. The Hall–Kier alpha value is -4.64. The third-order valence-corrected chi connectivity index (χ3v) is 6.91. The molecule has 11 heteroatoms. The van der Waals surface area contributed by atoms with Crippen molar-refractivity contribution in [3.8, 4) is 17.1 Å². The highest BCUT2D eigenvalue weighted by Gasteiger charge is 2.39. The van der Waals surface area contributed by atoms with Crippen molar-refractivity contribution in [3.05, 3.63) is 96.4 Å². The Balaban J connectivity index is 1.28. The first-order valence-corrected chi connectivity index (χ1v) is 12.8. The lowest BCUT2D eigenvalue weighted by Crippen LogP contribution is -2.33. The molecule has 39 heavy (non-hydrogen) atoms. The molecule has 0 bridgehead atoms. The number of ether oxygens (including phenoxy) is 1. The average molecular weight is 547 g/mol. The van der Waals surface area contributed by atoms with Crippen LogP contribution >= 0.6 is 11.8 Å². The summed E-state index contributed by atoms with van der Waals surface area (Å²) >= 11 is 1.16. The number of carbonyl (C=O) groups excluding carboxylic acids is 2. The minimum Gasteiger partial charge on any atom is -0.497 e. The maximum absolute atomic E-state index is 13.2. The molecule has 1 aliphatic heterocycles. The molecule has 2 aromatic carbocycles. The number of nitrogens with one attached hydrogen (secondary N) is 1. The molecular weight excluding hydrogens is 523 g/mol. The normalized spacial score (nSPS) is 16.4. The van der Waals surface area contributed by atoms with E-state index in [9.17, 15) is 14.0 Å². The van der Waals surface area contributed by atoms with Crippen molar-refractivity contribution in [3.63, 3.8) is 0 Å². The van der Waals surface area contributed by atoms with Crippen LogP contribution in [0.15, 0.2) is 98.1 Å². The summed E-state index contributed by atoms with van der Waals surface area (Å²) in [6, 6.07) is 19.8. The van der Waals surface area contributed by atoms with Crippen molar-refractivity contribution in [1.29, 1.82) is 0 Å². The van der Waals surface area contributed by atoms with Gasteiger partial charge in [0.25, 0.3) is 0 Å². The number of furan rings is 2. The van der Waals surface area contributed by atoms with E-state index in [-0.39, 0.29) is 30.6 Å². The Morgan fingerprint density at radius 1 is 1.13 bits per heavy atom. The van der Waals surface area contributed by atoms with E-state index in [2.05, 4.69) is 15.5 Å². The van der Waals surface area contributed by atoms with Crippen LogP contribution in [0.3, 0.4) is 0 Å². The van der Waals surface area contributed by atoms with Crippen molar-refractivity contribution in [2.75, 3.05) is 12.4 Å². The second kappa shape index (κ2) is 11.8. The smallest absolute Gasteiger partial charge is 0.243 e. The molecule has 1 atom stereocenters. The third-order valence-electron chi connectivity index (χ3n) is 5.74. The zero-order valence-electron chi connectivity index (χ0n) is 20.7. The molecule has 0 radical (unpaired) electrons. The molecule has 5 rings (SSSR count). The van der Waals surface area contributed by atoms with E-state index in [1.165, 1.54) is 29.5 Å². The van der Waals surface area contributed by atoms with Crippen LogP contribution in [0.1, 0.15) is 17.9 Å². The number of hydrogen-bond acceptors (Lipinski definition) is 8. The molecule has 9 nitrogen and oxygen atoms in total. The second-order valence-electron chi connectivity index (χ2n) is 8.43. The summed E-state index contributed by atoms with van der Waals surface area (Å²) in [5.41, 5.74) is 1.32. The number of nitrogens with zero attached hydrogens (tertiary/aromatic N) is 3. The molecule has 1 unspecified atom stereocenters. The summed E-state index contributed by atoms with van der Waals surface area (Å²) in [6.45, 7) is 0.152. The lowest BCUT2D eigenvalue weighted by Gasteiger charge is -2.14. The minimum atomic E-state index is -0.680. The van der Waals surface area contributed by atoms with Gasteiger partial charge in [-0.1, -0.05) is 11.8 Å². The van der Waals surface area contributed by atoms with Crippen LogP contribution in [0.2, 0.25) is 0 Å². The summed E-state index contributed by atoms with van der Waals surface area (Å²) in [7, 11) is 1.56. The first kappa shape index (κ1) is 26.0. The third kappa shape index (κ3) is 6.44. The van der Waals surface area contributed by atoms with E-state index in [4.69, 9.17) is 13.6 Å². The summed E-state index contributed by atoms with van der Waals surface area (Å²) in [5, 5.41) is 10.8. The number of anilines is 1. The maximum Gasteiger partial charge on any atom is 0.243 e. The van der Waals surface area contributed by atoms with Crippen LogP contribution in [-0.4, -0.2) is 40.5 Å². The highest BCUT2D eigenvalue weighted by atomic mass is 32.2. The van der Waals surface area contributed by atoms with Crippen molar-refractivity contribution < 1.29 is 27.6 Å². The molecule has 1 saturated heterocycles. The molecule has 0 saturated carbocycles. The molecule has 2 amide bonds. The number of amides is 2. The van der Waals surface area contributed by atoms with E-state index >= 15 is 0 Å². The van der Waals surface area contributed by atoms with Gasteiger partial charge in [-0.05, 0) is 72.8 Å². The lowest BCUT2D eigenvalue weighted by atomic mass is 10.2. The van der Waals surface area contributed by atoms with Gasteiger partial charge >= 0.3 is 0 Å². The summed E-state index contributed by atoms with van der Waals surface area (Å²) in [4.78, 5) is 27.4. The standard InChI is InChI=1S/C28H23FN4O5S/c1-36-21-10-8-20(9-11-21)31-26(34)15-25-27(35)33(17-23-3-2-14-37-23)28(39-25)32-30-16-22-12-13-24(38-22)18-4-6-19(29)7-5-18/h2-14,16,25H,15,17H2,1H3,(H,31,34)/b30-16+,32-28-. The van der Waals surface area contributed by atoms with Crippen LogP contribution in [0.25, 0.3) is 11.3 Å². The van der Waals surface area contributed by atoms with Crippen molar-refractivity contribution in [2.45, 2.75) is 18.2 Å². The monoisotopic (exact) mass is 546 g/mol. The van der Waals surface area contributed by atoms with Crippen LogP contribution in [0.5, 0.6) is 5.75 Å². The van der Waals surface area contributed by atoms with Gasteiger partial charge in [-0.3, -0.25) is 14.5 Å². The van der Waals surface area contributed by atoms with Gasteiger partial charge in [-0.25, -0.2) is 4.39 Å². The predicted octanol–water partition coefficient (Wildman–Crippen LogP) is 5.55. The molecule has 4 aromatic rings. The highest BCUT2D eigenvalue weighted by molar-refractivity contribution is 8.15. The number of methoxy groups -OCH3 is 1. The van der Waals surface area contributed by atoms with Gasteiger partial charge in [0.15, 0.2) is 5.17 Å². The molecule has 2 aromatic heterocycles. The fraction of sp³-hybridized carbons (Fsp3) is 0.143. The number of thioether (sulfide) groups is 1. The molecule has 3 heterocycles. The number of rotatable bonds is 9. The predicted molar refractivity (Wildman–Crippen MR) is 146 cm³/mol. The summed E-state index contributed by atoms with van der Waals surface area (Å²) < 4.78 is 29.5. The molecule has 1 fully saturated rings. The Morgan fingerprint density at radius 2 is 1.92 bits per heavy atom. The first-order chi connectivity index (χ1) is 19.0. The van der Waals surface area contributed by atoms with Crippen molar-refractivity contribution in [1.82, 2.24) is 4.90 Å². The number of halogens is 1. The van der Waals surface area contributed by atoms with E-state index < -0.39 is 5.25 Å². The fourth-order valence-electron chi connectivity index (χ4n) is 3.80. The molecule has 1 aliphatic rings. The average Bonchev–Trinajstić information content (AvgIpc) is 3.69. The maximum atomic E-state index is 13.2. The van der Waals surface area contributed by atoms with Crippen molar-refractivity contribution in [2.24, 2.45) is 10.2 Å². The van der Waals surface area contributed by atoms with E-state index in [0.717, 1.165) is 17.3 Å². The van der Waals surface area contributed by atoms with Gasteiger partial charge in [0.2, 0.25) is 11.8 Å². The minimum absolute atomic E-state index is 0.0495. The zero-order chi connectivity index (χ0) is 27.2. The number of amidine groups is 1. The summed E-state index contributed by atoms with van der Waals surface area (Å²) in [6.07, 6.45) is 2.89. The van der Waals surface area contributed by atoms with E-state index in [1.54, 1.807) is 67.8 Å². The topological polar surface area (TPSA) is 110 Å². The first-order valence-electron chi connectivity index (χ1n) is 11.9.